The van der Waals surface area contributed by atoms with Crippen molar-refractivity contribution in [2.45, 2.75) is 40.0 Å². The van der Waals surface area contributed by atoms with E-state index in [1.54, 1.807) is 24.3 Å². The van der Waals surface area contributed by atoms with E-state index in [1.165, 1.54) is 0 Å². The highest BCUT2D eigenvalue weighted by molar-refractivity contribution is 6.32. The number of carbonyl (C=O) groups is 2. The summed E-state index contributed by atoms with van der Waals surface area (Å²) < 4.78 is 11.5. The van der Waals surface area contributed by atoms with Gasteiger partial charge < -0.3 is 9.15 Å². The molecule has 1 aliphatic carbocycles. The van der Waals surface area contributed by atoms with E-state index >= 15 is 0 Å². The molecule has 38 heavy (non-hydrogen) atoms. The van der Waals surface area contributed by atoms with E-state index in [2.05, 4.69) is 10.5 Å². The van der Waals surface area contributed by atoms with Gasteiger partial charge in [-0.15, -0.1) is 0 Å². The molecule has 0 spiro atoms. The van der Waals surface area contributed by atoms with Crippen LogP contribution in [0.3, 0.4) is 0 Å². The molecule has 7 heteroatoms. The number of hydrazone groups is 1. The van der Waals surface area contributed by atoms with E-state index in [9.17, 15) is 9.59 Å². The minimum atomic E-state index is -0.583. The molecule has 0 aliphatic heterocycles. The van der Waals surface area contributed by atoms with E-state index in [0.29, 0.717) is 46.2 Å². The molecule has 1 N–H and O–H groups in total. The van der Waals surface area contributed by atoms with Crippen LogP contribution in [0, 0.1) is 20.8 Å². The molecule has 0 saturated heterocycles. The number of esters is 1. The van der Waals surface area contributed by atoms with Crippen LogP contribution in [0.1, 0.15) is 61.8 Å². The minimum Gasteiger partial charge on any atom is -0.453 e. The largest absolute Gasteiger partial charge is 0.453 e. The Bertz CT molecular complexity index is 1530. The number of nitrogens with one attached hydrogen (secondary N) is 1. The molecule has 0 atom stereocenters. The van der Waals surface area contributed by atoms with Crippen molar-refractivity contribution in [3.8, 4) is 16.9 Å². The fraction of sp³-hybridized carbons (Fsp3) is 0.194. The highest BCUT2D eigenvalue weighted by Crippen LogP contribution is 2.32. The fourth-order valence-corrected chi connectivity index (χ4v) is 4.83. The molecule has 1 amide bonds. The first-order chi connectivity index (χ1) is 18.3. The first-order valence-electron chi connectivity index (χ1n) is 12.5. The van der Waals surface area contributed by atoms with Crippen molar-refractivity contribution in [2.24, 2.45) is 5.10 Å². The summed E-state index contributed by atoms with van der Waals surface area (Å²) in [5.41, 5.74) is 9.02. The van der Waals surface area contributed by atoms with E-state index in [4.69, 9.17) is 20.8 Å². The molecule has 5 rings (SSSR count). The number of aryl methyl sites for hydroxylation is 3. The van der Waals surface area contributed by atoms with Gasteiger partial charge in [0.05, 0.1) is 5.71 Å². The van der Waals surface area contributed by atoms with Crippen LogP contribution in [0.5, 0.6) is 5.75 Å². The number of fused-ring (bicyclic) bond motifs is 1. The summed E-state index contributed by atoms with van der Waals surface area (Å²) in [6.07, 6.45) is 2.13. The number of halogens is 1. The molecule has 1 aromatic heterocycles. The first-order valence-corrected chi connectivity index (χ1v) is 12.8. The van der Waals surface area contributed by atoms with Gasteiger partial charge in [-0.1, -0.05) is 54.1 Å². The summed E-state index contributed by atoms with van der Waals surface area (Å²) in [4.78, 5) is 25.8. The van der Waals surface area contributed by atoms with Gasteiger partial charge >= 0.3 is 5.97 Å². The van der Waals surface area contributed by atoms with Gasteiger partial charge in [-0.05, 0) is 80.1 Å². The Kier molecular flexibility index (Phi) is 7.16. The third kappa shape index (κ3) is 5.13. The molecule has 3 aromatic carbocycles. The van der Waals surface area contributed by atoms with Crippen molar-refractivity contribution >= 4 is 29.2 Å². The van der Waals surface area contributed by atoms with Crippen molar-refractivity contribution in [1.29, 1.82) is 0 Å². The van der Waals surface area contributed by atoms with Gasteiger partial charge in [0, 0.05) is 28.1 Å². The molecule has 0 saturated carbocycles. The predicted octanol–water partition coefficient (Wildman–Crippen LogP) is 7.21. The zero-order valence-corrected chi connectivity index (χ0v) is 22.2. The average molecular weight is 527 g/mol. The average Bonchev–Trinajstić information content (AvgIpc) is 3.28. The smallest absolute Gasteiger partial charge is 0.379 e. The number of benzene rings is 3. The predicted molar refractivity (Wildman–Crippen MR) is 148 cm³/mol. The SMILES string of the molecule is Cc1cc(OC(=O)c2oc3c(c2C)/C(=N/NC(=O)c2ccc(-c4ccccc4)cc2)CCC3)cc(C)c1Cl. The molecule has 4 aromatic rings. The Balaban J connectivity index is 1.33. The van der Waals surface area contributed by atoms with Crippen molar-refractivity contribution in [3.05, 3.63) is 111 Å². The van der Waals surface area contributed by atoms with Crippen LogP contribution >= 0.6 is 11.6 Å². The highest BCUT2D eigenvalue weighted by atomic mass is 35.5. The number of nitrogens with zero attached hydrogens (tertiary/aromatic N) is 1. The second kappa shape index (κ2) is 10.7. The van der Waals surface area contributed by atoms with Crippen molar-refractivity contribution in [2.75, 3.05) is 0 Å². The lowest BCUT2D eigenvalue weighted by molar-refractivity contribution is 0.0698. The van der Waals surface area contributed by atoms with E-state index in [0.717, 1.165) is 34.2 Å². The molecular formula is C31H27ClN2O4. The van der Waals surface area contributed by atoms with Crippen LogP contribution in [0.25, 0.3) is 11.1 Å². The zero-order valence-electron chi connectivity index (χ0n) is 21.4. The number of furan rings is 1. The van der Waals surface area contributed by atoms with Crippen molar-refractivity contribution < 1.29 is 18.7 Å². The minimum absolute atomic E-state index is 0.137. The van der Waals surface area contributed by atoms with Crippen LogP contribution in [0.15, 0.2) is 76.2 Å². The van der Waals surface area contributed by atoms with Gasteiger partial charge in [-0.25, -0.2) is 10.2 Å². The summed E-state index contributed by atoms with van der Waals surface area (Å²) in [6, 6.07) is 20.8. The number of hydrogen-bond donors (Lipinski definition) is 1. The quantitative estimate of drug-likeness (QED) is 0.169. The molecular weight excluding hydrogens is 500 g/mol. The Morgan fingerprint density at radius 3 is 2.26 bits per heavy atom. The number of amides is 1. The maximum Gasteiger partial charge on any atom is 0.379 e. The lowest BCUT2D eigenvalue weighted by atomic mass is 9.93. The molecule has 0 fully saturated rings. The summed E-state index contributed by atoms with van der Waals surface area (Å²) in [5, 5.41) is 5.07. The Morgan fingerprint density at radius 1 is 0.921 bits per heavy atom. The standard InChI is InChI=1S/C31H27ClN2O4/c1-18-16-24(17-19(2)28(18)32)37-31(36)29-20(3)27-25(10-7-11-26(27)38-29)33-34-30(35)23-14-12-22(13-15-23)21-8-5-4-6-9-21/h4-6,8-9,12-17H,7,10-11H2,1-3H3,(H,34,35)/b33-25+. The van der Waals surface area contributed by atoms with E-state index in [-0.39, 0.29) is 11.7 Å². The molecule has 0 bridgehead atoms. The lowest BCUT2D eigenvalue weighted by Gasteiger charge is -2.13. The van der Waals surface area contributed by atoms with Gasteiger partial charge in [-0.2, -0.15) is 5.10 Å². The van der Waals surface area contributed by atoms with Crippen LogP contribution in [-0.4, -0.2) is 17.6 Å². The molecule has 0 radical (unpaired) electrons. The molecule has 1 aliphatic rings. The second-order valence-corrected chi connectivity index (χ2v) is 9.79. The Labute approximate surface area is 226 Å². The maximum atomic E-state index is 13.0. The van der Waals surface area contributed by atoms with Crippen LogP contribution in [0.4, 0.5) is 0 Å². The molecule has 1 heterocycles. The van der Waals surface area contributed by atoms with Crippen molar-refractivity contribution in [1.82, 2.24) is 5.43 Å². The molecule has 0 unspecified atom stereocenters. The van der Waals surface area contributed by atoms with Gasteiger partial charge in [0.15, 0.2) is 0 Å². The van der Waals surface area contributed by atoms with Gasteiger partial charge in [0.2, 0.25) is 5.76 Å². The monoisotopic (exact) mass is 526 g/mol. The zero-order chi connectivity index (χ0) is 26.8. The highest BCUT2D eigenvalue weighted by Gasteiger charge is 2.29. The van der Waals surface area contributed by atoms with Crippen molar-refractivity contribution in [3.63, 3.8) is 0 Å². The maximum absolute atomic E-state index is 13.0. The topological polar surface area (TPSA) is 80.9 Å². The van der Waals surface area contributed by atoms with Crippen LogP contribution in [-0.2, 0) is 6.42 Å². The fourth-order valence-electron chi connectivity index (χ4n) is 4.72. The summed E-state index contributed by atoms with van der Waals surface area (Å²) >= 11 is 6.23. The van der Waals surface area contributed by atoms with E-state index in [1.807, 2.05) is 63.2 Å². The Morgan fingerprint density at radius 2 is 1.58 bits per heavy atom. The lowest BCUT2D eigenvalue weighted by Crippen LogP contribution is -2.22. The van der Waals surface area contributed by atoms with Crippen LogP contribution in [0.2, 0.25) is 5.02 Å². The Hall–Kier alpha value is -4.16. The van der Waals surface area contributed by atoms with Gasteiger partial charge in [-0.3, -0.25) is 4.79 Å². The molecule has 192 valence electrons. The number of rotatable bonds is 5. The van der Waals surface area contributed by atoms with Gasteiger partial charge in [0.25, 0.3) is 5.91 Å². The van der Waals surface area contributed by atoms with E-state index < -0.39 is 5.97 Å². The summed E-state index contributed by atoms with van der Waals surface area (Å²) in [5.74, 6) is 0.322. The molecule has 6 nitrogen and oxygen atoms in total. The first kappa shape index (κ1) is 25.5. The summed E-state index contributed by atoms with van der Waals surface area (Å²) in [7, 11) is 0. The number of hydrogen-bond acceptors (Lipinski definition) is 5. The normalized spacial score (nSPS) is 13.7. The van der Waals surface area contributed by atoms with Crippen LogP contribution < -0.4 is 10.2 Å². The van der Waals surface area contributed by atoms with Gasteiger partial charge in [0.1, 0.15) is 11.5 Å². The second-order valence-electron chi connectivity index (χ2n) is 9.41. The summed E-state index contributed by atoms with van der Waals surface area (Å²) in [6.45, 7) is 5.53. The third-order valence-corrected chi connectivity index (χ3v) is 7.27. The number of carbonyl (C=O) groups excluding carboxylic acids is 2. The number of ether oxygens (including phenoxy) is 1. The third-order valence-electron chi connectivity index (χ3n) is 6.68.